The van der Waals surface area contributed by atoms with E-state index >= 15 is 0 Å². The summed E-state index contributed by atoms with van der Waals surface area (Å²) in [5, 5.41) is 2.58. The van der Waals surface area contributed by atoms with Gasteiger partial charge < -0.3 is 0 Å². The first kappa shape index (κ1) is 30.1. The van der Waals surface area contributed by atoms with E-state index in [4.69, 9.17) is 0 Å². The summed E-state index contributed by atoms with van der Waals surface area (Å²) in [7, 11) is 0. The van der Waals surface area contributed by atoms with E-state index in [0.29, 0.717) is 6.42 Å². The van der Waals surface area contributed by atoms with Gasteiger partial charge in [0.05, 0.1) is 0 Å². The second kappa shape index (κ2) is 12.6. The van der Waals surface area contributed by atoms with Gasteiger partial charge in [-0.05, 0) is 78.8 Å². The molecule has 0 N–H and O–H groups in total. The smallest absolute Gasteiger partial charge is 0.196 e. The monoisotopic (exact) mass is 532 g/mol. The van der Waals surface area contributed by atoms with Gasteiger partial charge in [0.25, 0.3) is 0 Å². The minimum atomic E-state index is -5.46. The predicted octanol–water partition coefficient (Wildman–Crippen LogP) is 11.4. The molecule has 0 bridgehead atoms. The molecule has 5 heteroatoms. The zero-order valence-corrected chi connectivity index (χ0v) is 23.2. The number of unbranched alkanes of at least 4 members (excludes halogenated alkanes) is 4. The van der Waals surface area contributed by atoms with Crippen molar-refractivity contribution in [3.05, 3.63) is 71.3 Å². The highest BCUT2D eigenvalue weighted by Gasteiger charge is 2.56. The summed E-state index contributed by atoms with van der Waals surface area (Å²) in [6.07, 6.45) is 0.803. The van der Waals surface area contributed by atoms with Crippen molar-refractivity contribution in [3.63, 3.8) is 0 Å². The van der Waals surface area contributed by atoms with E-state index < -0.39 is 18.5 Å². The number of benzene rings is 3. The number of halogens is 5. The molecule has 38 heavy (non-hydrogen) atoms. The first-order valence-electron chi connectivity index (χ1n) is 13.8. The lowest BCUT2D eigenvalue weighted by Crippen LogP contribution is -2.36. The Morgan fingerprint density at radius 2 is 1.21 bits per heavy atom. The van der Waals surface area contributed by atoms with Crippen LogP contribution in [0, 0.1) is 19.3 Å². The zero-order valence-electron chi connectivity index (χ0n) is 23.2. The lowest BCUT2D eigenvalue weighted by atomic mass is 9.81. The molecule has 0 aliphatic heterocycles. The number of aryl methyl sites for hydroxylation is 3. The van der Waals surface area contributed by atoms with Crippen molar-refractivity contribution in [3.8, 4) is 11.1 Å². The van der Waals surface area contributed by atoms with Crippen molar-refractivity contribution >= 4 is 10.8 Å². The lowest BCUT2D eigenvalue weighted by molar-refractivity contribution is -0.284. The summed E-state index contributed by atoms with van der Waals surface area (Å²) in [6.45, 7) is 8.15. The minimum absolute atomic E-state index is 0.118. The fourth-order valence-corrected chi connectivity index (χ4v) is 5.28. The van der Waals surface area contributed by atoms with Crippen LogP contribution in [0.25, 0.3) is 21.9 Å². The summed E-state index contributed by atoms with van der Waals surface area (Å²) in [4.78, 5) is 0. The van der Waals surface area contributed by atoms with E-state index in [1.54, 1.807) is 0 Å². The molecular formula is C33H41F5. The Bertz CT molecular complexity index is 1170. The Morgan fingerprint density at radius 3 is 1.89 bits per heavy atom. The van der Waals surface area contributed by atoms with Gasteiger partial charge in [0.1, 0.15) is 0 Å². The molecule has 3 aromatic rings. The third-order valence-electron chi connectivity index (χ3n) is 7.69. The Balaban J connectivity index is 1.49. The third kappa shape index (κ3) is 8.28. The van der Waals surface area contributed by atoms with Gasteiger partial charge in [0.15, 0.2) is 0 Å². The second-order valence-electron chi connectivity index (χ2n) is 11.7. The average molecular weight is 533 g/mol. The van der Waals surface area contributed by atoms with E-state index in [0.717, 1.165) is 44.9 Å². The Morgan fingerprint density at radius 1 is 0.605 bits per heavy atom. The Kier molecular flexibility index (Phi) is 10.00. The number of hydrogen-bond acceptors (Lipinski definition) is 0. The van der Waals surface area contributed by atoms with Crippen LogP contribution < -0.4 is 0 Å². The van der Waals surface area contributed by atoms with Crippen molar-refractivity contribution in [2.24, 2.45) is 5.41 Å². The maximum atomic E-state index is 13.2. The molecule has 208 valence electrons. The molecule has 0 radical (unpaired) electrons. The van der Waals surface area contributed by atoms with Crippen LogP contribution in [-0.4, -0.2) is 12.1 Å². The zero-order chi connectivity index (χ0) is 28.0. The van der Waals surface area contributed by atoms with Gasteiger partial charge in [-0.2, -0.15) is 22.0 Å². The minimum Gasteiger partial charge on any atom is -0.196 e. The van der Waals surface area contributed by atoms with Gasteiger partial charge in [-0.25, -0.2) is 0 Å². The fraction of sp³-hybridized carbons (Fsp3) is 0.515. The van der Waals surface area contributed by atoms with Crippen LogP contribution in [0.2, 0.25) is 0 Å². The Hall–Kier alpha value is -2.43. The molecule has 0 aliphatic carbocycles. The molecule has 0 atom stereocenters. The maximum absolute atomic E-state index is 13.2. The van der Waals surface area contributed by atoms with Crippen molar-refractivity contribution in [2.75, 3.05) is 0 Å². The van der Waals surface area contributed by atoms with Crippen LogP contribution in [0.15, 0.2) is 54.6 Å². The summed E-state index contributed by atoms with van der Waals surface area (Å²) >= 11 is 0. The molecule has 3 rings (SSSR count). The van der Waals surface area contributed by atoms with E-state index in [-0.39, 0.29) is 11.8 Å². The van der Waals surface area contributed by atoms with Crippen LogP contribution in [0.5, 0.6) is 0 Å². The maximum Gasteiger partial charge on any atom is 0.453 e. The highest BCUT2D eigenvalue weighted by atomic mass is 19.4. The largest absolute Gasteiger partial charge is 0.453 e. The van der Waals surface area contributed by atoms with Gasteiger partial charge in [-0.15, -0.1) is 0 Å². The standard InChI is InChI=1S/C33H41F5/c1-24-12-15-26(16-13-24)28-19-17-27-23-25(2)14-18-29(27)30(28)11-8-6-5-7-9-20-31(3,4)21-10-22-32(34,35)33(36,37)38/h12-19,23H,5-11,20-22H2,1-4H3. The van der Waals surface area contributed by atoms with Gasteiger partial charge in [-0.3, -0.25) is 0 Å². The molecule has 0 spiro atoms. The van der Waals surface area contributed by atoms with Crippen LogP contribution in [0.1, 0.15) is 88.3 Å². The fourth-order valence-electron chi connectivity index (χ4n) is 5.28. The first-order valence-corrected chi connectivity index (χ1v) is 13.8. The van der Waals surface area contributed by atoms with Gasteiger partial charge in [0.2, 0.25) is 0 Å². The molecule has 0 saturated carbocycles. The highest BCUT2D eigenvalue weighted by Crippen LogP contribution is 2.41. The Labute approximate surface area is 224 Å². The lowest BCUT2D eigenvalue weighted by Gasteiger charge is -2.26. The van der Waals surface area contributed by atoms with Crippen molar-refractivity contribution in [1.82, 2.24) is 0 Å². The molecule has 0 aromatic heterocycles. The van der Waals surface area contributed by atoms with Crippen LogP contribution in [-0.2, 0) is 6.42 Å². The second-order valence-corrected chi connectivity index (χ2v) is 11.7. The van der Waals surface area contributed by atoms with Crippen molar-refractivity contribution in [2.45, 2.75) is 104 Å². The molecule has 0 nitrogen and oxygen atoms in total. The topological polar surface area (TPSA) is 0 Å². The first-order chi connectivity index (χ1) is 17.8. The van der Waals surface area contributed by atoms with E-state index in [1.165, 1.54) is 38.6 Å². The summed E-state index contributed by atoms with van der Waals surface area (Å²) < 4.78 is 63.5. The van der Waals surface area contributed by atoms with Crippen molar-refractivity contribution < 1.29 is 22.0 Å². The normalized spacial score (nSPS) is 12.9. The summed E-state index contributed by atoms with van der Waals surface area (Å²) in [5.74, 6) is -4.59. The molecule has 0 unspecified atom stereocenters. The van der Waals surface area contributed by atoms with Crippen LogP contribution >= 0.6 is 0 Å². The predicted molar refractivity (Wildman–Crippen MR) is 149 cm³/mol. The number of fused-ring (bicyclic) bond motifs is 1. The van der Waals surface area contributed by atoms with Crippen LogP contribution in [0.3, 0.4) is 0 Å². The molecule has 0 aliphatic rings. The number of rotatable bonds is 13. The average Bonchev–Trinajstić information content (AvgIpc) is 2.82. The van der Waals surface area contributed by atoms with Crippen molar-refractivity contribution in [1.29, 1.82) is 0 Å². The third-order valence-corrected chi connectivity index (χ3v) is 7.69. The molecular weight excluding hydrogens is 491 g/mol. The molecule has 0 saturated heterocycles. The summed E-state index contributed by atoms with van der Waals surface area (Å²) in [5.41, 5.74) is 6.19. The van der Waals surface area contributed by atoms with E-state index in [1.807, 2.05) is 13.8 Å². The van der Waals surface area contributed by atoms with E-state index in [2.05, 4.69) is 68.4 Å². The van der Waals surface area contributed by atoms with Gasteiger partial charge in [-0.1, -0.05) is 105 Å². The van der Waals surface area contributed by atoms with E-state index in [9.17, 15) is 22.0 Å². The molecule has 0 amide bonds. The highest BCUT2D eigenvalue weighted by molar-refractivity contribution is 5.92. The summed E-state index contributed by atoms with van der Waals surface area (Å²) in [6, 6.07) is 19.8. The van der Waals surface area contributed by atoms with Crippen LogP contribution in [0.4, 0.5) is 22.0 Å². The number of alkyl halides is 5. The van der Waals surface area contributed by atoms with Gasteiger partial charge >= 0.3 is 12.1 Å². The quantitative estimate of drug-likeness (QED) is 0.152. The SMILES string of the molecule is Cc1ccc(-c2ccc3cc(C)ccc3c2CCCCCCCC(C)(C)CCCC(F)(F)C(F)(F)F)cc1. The molecule has 0 fully saturated rings. The molecule has 0 heterocycles. The van der Waals surface area contributed by atoms with Gasteiger partial charge in [0, 0.05) is 6.42 Å². The molecule has 3 aromatic carbocycles. The number of hydrogen-bond donors (Lipinski definition) is 0.